The van der Waals surface area contributed by atoms with Crippen LogP contribution >= 0.6 is 11.3 Å². The summed E-state index contributed by atoms with van der Waals surface area (Å²) in [5.74, 6) is 0.494. The van der Waals surface area contributed by atoms with Crippen LogP contribution in [0.1, 0.15) is 25.3 Å². The lowest BCUT2D eigenvalue weighted by atomic mass is 10.0. The molecule has 1 aliphatic heterocycles. The van der Waals surface area contributed by atoms with E-state index in [1.165, 1.54) is 5.56 Å². The van der Waals surface area contributed by atoms with Gasteiger partial charge in [-0.05, 0) is 67.6 Å². The molecule has 1 fully saturated rings. The first-order chi connectivity index (χ1) is 9.05. The fourth-order valence-corrected chi connectivity index (χ4v) is 4.91. The Kier molecular flexibility index (Phi) is 5.38. The maximum Gasteiger partial charge on any atom is 0.212 e. The Morgan fingerprint density at radius 1 is 1.58 bits per heavy atom. The predicted molar refractivity (Wildman–Crippen MR) is 80.0 cm³/mol. The molecule has 1 saturated heterocycles. The highest BCUT2D eigenvalue weighted by Gasteiger charge is 2.22. The van der Waals surface area contributed by atoms with Crippen LogP contribution in [0.2, 0.25) is 0 Å². The maximum atomic E-state index is 12.1. The van der Waals surface area contributed by atoms with Crippen LogP contribution in [0, 0.1) is 5.92 Å². The van der Waals surface area contributed by atoms with Gasteiger partial charge in [-0.3, -0.25) is 0 Å². The third-order valence-corrected chi connectivity index (χ3v) is 5.76. The van der Waals surface area contributed by atoms with Crippen LogP contribution in [0.25, 0.3) is 0 Å². The molecule has 1 aliphatic rings. The van der Waals surface area contributed by atoms with Crippen molar-refractivity contribution in [3.8, 4) is 0 Å². The van der Waals surface area contributed by atoms with Gasteiger partial charge in [-0.2, -0.15) is 11.3 Å². The van der Waals surface area contributed by atoms with Gasteiger partial charge in [0.2, 0.25) is 10.0 Å². The first-order valence-electron chi connectivity index (χ1n) is 6.77. The van der Waals surface area contributed by atoms with Crippen molar-refractivity contribution >= 4 is 21.4 Å². The van der Waals surface area contributed by atoms with Crippen molar-refractivity contribution < 1.29 is 8.42 Å². The zero-order chi connectivity index (χ0) is 13.7. The molecule has 0 bridgehead atoms. The van der Waals surface area contributed by atoms with Gasteiger partial charge in [0, 0.05) is 6.04 Å². The summed E-state index contributed by atoms with van der Waals surface area (Å²) in [6, 6.07) is 2.00. The highest BCUT2D eigenvalue weighted by Crippen LogP contribution is 2.13. The molecule has 0 radical (unpaired) electrons. The SMILES string of the molecule is CC(Cc1ccsc1)NS(=O)(=O)CC1CCCNC1. The second-order valence-electron chi connectivity index (χ2n) is 5.35. The van der Waals surface area contributed by atoms with Crippen molar-refractivity contribution in [2.75, 3.05) is 18.8 Å². The molecule has 0 aromatic carbocycles. The van der Waals surface area contributed by atoms with Gasteiger partial charge >= 0.3 is 0 Å². The Balaban J connectivity index is 1.82. The van der Waals surface area contributed by atoms with Gasteiger partial charge in [-0.25, -0.2) is 13.1 Å². The van der Waals surface area contributed by atoms with Crippen molar-refractivity contribution in [2.24, 2.45) is 5.92 Å². The molecule has 0 saturated carbocycles. The minimum atomic E-state index is -3.17. The molecule has 2 atom stereocenters. The van der Waals surface area contributed by atoms with E-state index in [-0.39, 0.29) is 17.7 Å². The van der Waals surface area contributed by atoms with Crippen molar-refractivity contribution in [1.29, 1.82) is 0 Å². The molecule has 2 rings (SSSR count). The van der Waals surface area contributed by atoms with Gasteiger partial charge in [-0.1, -0.05) is 0 Å². The molecule has 1 aromatic heterocycles. The summed E-state index contributed by atoms with van der Waals surface area (Å²) < 4.78 is 27.0. The summed E-state index contributed by atoms with van der Waals surface area (Å²) >= 11 is 1.64. The molecular formula is C13H22N2O2S2. The van der Waals surface area contributed by atoms with E-state index in [2.05, 4.69) is 15.4 Å². The second-order valence-corrected chi connectivity index (χ2v) is 7.93. The Morgan fingerprint density at radius 3 is 3.05 bits per heavy atom. The lowest BCUT2D eigenvalue weighted by Gasteiger charge is -2.23. The first-order valence-corrected chi connectivity index (χ1v) is 9.36. The van der Waals surface area contributed by atoms with Gasteiger partial charge < -0.3 is 5.32 Å². The van der Waals surface area contributed by atoms with Gasteiger partial charge in [0.05, 0.1) is 5.75 Å². The van der Waals surface area contributed by atoms with Crippen LogP contribution in [-0.4, -0.2) is 33.3 Å². The largest absolute Gasteiger partial charge is 0.316 e. The van der Waals surface area contributed by atoms with Gasteiger partial charge in [0.25, 0.3) is 0 Å². The van der Waals surface area contributed by atoms with Crippen molar-refractivity contribution in [1.82, 2.24) is 10.0 Å². The smallest absolute Gasteiger partial charge is 0.212 e. The quantitative estimate of drug-likeness (QED) is 0.839. The fourth-order valence-electron chi connectivity index (χ4n) is 2.54. The molecule has 2 unspecified atom stereocenters. The summed E-state index contributed by atoms with van der Waals surface area (Å²) in [7, 11) is -3.17. The zero-order valence-electron chi connectivity index (χ0n) is 11.3. The van der Waals surface area contributed by atoms with Crippen molar-refractivity contribution in [3.05, 3.63) is 22.4 Å². The maximum absolute atomic E-state index is 12.1. The lowest BCUT2D eigenvalue weighted by Crippen LogP contribution is -2.41. The van der Waals surface area contributed by atoms with Crippen molar-refractivity contribution in [3.63, 3.8) is 0 Å². The number of thiophene rings is 1. The summed E-state index contributed by atoms with van der Waals surface area (Å²) in [5.41, 5.74) is 1.19. The average molecular weight is 302 g/mol. The molecule has 1 aromatic rings. The fraction of sp³-hybridized carbons (Fsp3) is 0.692. The molecule has 0 amide bonds. The number of hydrogen-bond donors (Lipinski definition) is 2. The van der Waals surface area contributed by atoms with E-state index in [1.807, 2.05) is 18.4 Å². The van der Waals surface area contributed by atoms with Crippen LogP contribution in [-0.2, 0) is 16.4 Å². The van der Waals surface area contributed by atoms with Crippen molar-refractivity contribution in [2.45, 2.75) is 32.2 Å². The van der Waals surface area contributed by atoms with Gasteiger partial charge in [-0.15, -0.1) is 0 Å². The Morgan fingerprint density at radius 2 is 2.42 bits per heavy atom. The van der Waals surface area contributed by atoms with E-state index in [0.29, 0.717) is 0 Å². The molecule has 108 valence electrons. The van der Waals surface area contributed by atoms with E-state index >= 15 is 0 Å². The standard InChI is InChI=1S/C13H22N2O2S2/c1-11(7-12-4-6-18-9-12)15-19(16,17)10-13-3-2-5-14-8-13/h4,6,9,11,13-15H,2-3,5,7-8,10H2,1H3. The molecule has 0 spiro atoms. The molecule has 6 heteroatoms. The molecule has 4 nitrogen and oxygen atoms in total. The van der Waals surface area contributed by atoms with E-state index in [9.17, 15) is 8.42 Å². The molecule has 0 aliphatic carbocycles. The predicted octanol–water partition coefficient (Wildman–Crippen LogP) is 1.60. The first kappa shape index (κ1) is 15.0. The zero-order valence-corrected chi connectivity index (χ0v) is 12.9. The van der Waals surface area contributed by atoms with Crippen LogP contribution in [0.3, 0.4) is 0 Å². The van der Waals surface area contributed by atoms with Crippen LogP contribution < -0.4 is 10.0 Å². The number of hydrogen-bond acceptors (Lipinski definition) is 4. The third kappa shape index (κ3) is 5.22. The molecule has 2 heterocycles. The summed E-state index contributed by atoms with van der Waals surface area (Å²) in [4.78, 5) is 0. The van der Waals surface area contributed by atoms with E-state index in [1.54, 1.807) is 11.3 Å². The molecule has 2 N–H and O–H groups in total. The van der Waals surface area contributed by atoms with Crippen LogP contribution in [0.5, 0.6) is 0 Å². The lowest BCUT2D eigenvalue weighted by molar-refractivity contribution is 0.402. The number of sulfonamides is 1. The monoisotopic (exact) mass is 302 g/mol. The second kappa shape index (κ2) is 6.83. The highest BCUT2D eigenvalue weighted by molar-refractivity contribution is 7.89. The number of nitrogens with one attached hydrogen (secondary N) is 2. The Labute approximate surface area is 119 Å². The normalized spacial score (nSPS) is 22.3. The topological polar surface area (TPSA) is 58.2 Å². The third-order valence-electron chi connectivity index (χ3n) is 3.36. The summed E-state index contributed by atoms with van der Waals surface area (Å²) in [6.45, 7) is 3.76. The summed E-state index contributed by atoms with van der Waals surface area (Å²) in [6.07, 6.45) is 2.84. The van der Waals surface area contributed by atoms with Crippen LogP contribution in [0.4, 0.5) is 0 Å². The van der Waals surface area contributed by atoms with Crippen LogP contribution in [0.15, 0.2) is 16.8 Å². The van der Waals surface area contributed by atoms with E-state index in [0.717, 1.165) is 32.4 Å². The number of rotatable bonds is 6. The summed E-state index contributed by atoms with van der Waals surface area (Å²) in [5, 5.41) is 7.34. The van der Waals surface area contributed by atoms with Gasteiger partial charge in [0.15, 0.2) is 0 Å². The molecule has 19 heavy (non-hydrogen) atoms. The van der Waals surface area contributed by atoms with E-state index < -0.39 is 10.0 Å². The minimum Gasteiger partial charge on any atom is -0.316 e. The highest BCUT2D eigenvalue weighted by atomic mass is 32.2. The number of piperidine rings is 1. The minimum absolute atomic E-state index is 0.0452. The Hall–Kier alpha value is -0.430. The molecular weight excluding hydrogens is 280 g/mol. The average Bonchev–Trinajstić information content (AvgIpc) is 2.81. The van der Waals surface area contributed by atoms with Gasteiger partial charge in [0.1, 0.15) is 0 Å². The Bertz CT molecular complexity index is 465. The van der Waals surface area contributed by atoms with E-state index in [4.69, 9.17) is 0 Å².